The van der Waals surface area contributed by atoms with Crippen LogP contribution < -0.4 is 10.6 Å². The van der Waals surface area contributed by atoms with Crippen molar-refractivity contribution in [1.82, 2.24) is 15.6 Å². The van der Waals surface area contributed by atoms with Crippen LogP contribution in [0.25, 0.3) is 0 Å². The quantitative estimate of drug-likeness (QED) is 0.763. The number of pyridine rings is 1. The number of rotatable bonds is 6. The molecule has 1 saturated carbocycles. The highest BCUT2D eigenvalue weighted by Crippen LogP contribution is 2.19. The van der Waals surface area contributed by atoms with Crippen molar-refractivity contribution in [3.8, 4) is 0 Å². The van der Waals surface area contributed by atoms with Crippen molar-refractivity contribution < 1.29 is 9.59 Å². The Morgan fingerprint density at radius 3 is 2.69 bits per heavy atom. The van der Waals surface area contributed by atoms with Gasteiger partial charge < -0.3 is 10.6 Å². The summed E-state index contributed by atoms with van der Waals surface area (Å²) in [6.07, 6.45) is 15.2. The van der Waals surface area contributed by atoms with Crippen LogP contribution in [0, 0.1) is 0 Å². The van der Waals surface area contributed by atoms with E-state index < -0.39 is 0 Å². The van der Waals surface area contributed by atoms with E-state index in [4.69, 9.17) is 0 Å². The van der Waals surface area contributed by atoms with Crippen molar-refractivity contribution in [2.75, 3.05) is 6.54 Å². The molecule has 0 saturated heterocycles. The summed E-state index contributed by atoms with van der Waals surface area (Å²) < 4.78 is 0. The second kappa shape index (κ2) is 9.51. The van der Waals surface area contributed by atoms with E-state index in [-0.39, 0.29) is 17.9 Å². The molecule has 0 bridgehead atoms. The van der Waals surface area contributed by atoms with Gasteiger partial charge in [-0.2, -0.15) is 0 Å². The summed E-state index contributed by atoms with van der Waals surface area (Å²) in [5, 5.41) is 6.00. The van der Waals surface area contributed by atoms with Crippen molar-refractivity contribution in [2.24, 2.45) is 0 Å². The molecular formula is C21H29N3O2. The lowest BCUT2D eigenvalue weighted by molar-refractivity contribution is 0.0922. The number of hydrogen-bond donors (Lipinski definition) is 2. The van der Waals surface area contributed by atoms with Crippen molar-refractivity contribution in [3.63, 3.8) is 0 Å². The zero-order valence-electron chi connectivity index (χ0n) is 15.4. The van der Waals surface area contributed by atoms with Gasteiger partial charge in [0.25, 0.3) is 11.8 Å². The molecule has 0 atom stereocenters. The molecule has 0 aliphatic heterocycles. The third-order valence-corrected chi connectivity index (χ3v) is 5.31. The largest absolute Gasteiger partial charge is 0.352 e. The van der Waals surface area contributed by atoms with Gasteiger partial charge in [-0.15, -0.1) is 0 Å². The second-order valence-corrected chi connectivity index (χ2v) is 7.35. The average Bonchev–Trinajstić information content (AvgIpc) is 2.69. The summed E-state index contributed by atoms with van der Waals surface area (Å²) >= 11 is 0. The molecule has 0 spiro atoms. The Balaban J connectivity index is 1.51. The van der Waals surface area contributed by atoms with E-state index in [1.165, 1.54) is 31.0 Å². The van der Waals surface area contributed by atoms with E-state index in [1.807, 2.05) is 0 Å². The second-order valence-electron chi connectivity index (χ2n) is 7.35. The van der Waals surface area contributed by atoms with E-state index in [0.29, 0.717) is 17.8 Å². The van der Waals surface area contributed by atoms with Gasteiger partial charge in [-0.1, -0.05) is 30.9 Å². The lowest BCUT2D eigenvalue weighted by Crippen LogP contribution is -2.36. The maximum Gasteiger partial charge on any atom is 0.270 e. The molecule has 1 heterocycles. The minimum atomic E-state index is -0.182. The predicted octanol–water partition coefficient (Wildman–Crippen LogP) is 3.76. The average molecular weight is 355 g/mol. The highest BCUT2D eigenvalue weighted by Gasteiger charge is 2.18. The Bertz CT molecular complexity index is 663. The zero-order valence-corrected chi connectivity index (χ0v) is 15.4. The lowest BCUT2D eigenvalue weighted by Gasteiger charge is -2.22. The Kier molecular flexibility index (Phi) is 6.81. The molecule has 2 aliphatic carbocycles. The number of allylic oxidation sites excluding steroid dienone is 1. The summed E-state index contributed by atoms with van der Waals surface area (Å²) in [6, 6.07) is 3.49. The third-order valence-electron chi connectivity index (χ3n) is 5.31. The van der Waals surface area contributed by atoms with E-state index in [1.54, 1.807) is 12.1 Å². The fourth-order valence-corrected chi connectivity index (χ4v) is 3.77. The van der Waals surface area contributed by atoms with Gasteiger partial charge in [-0.3, -0.25) is 14.6 Å². The minimum absolute atomic E-state index is 0.143. The highest BCUT2D eigenvalue weighted by molar-refractivity contribution is 5.98. The Morgan fingerprint density at radius 1 is 1.08 bits per heavy atom. The number of carbonyl (C=O) groups excluding carboxylic acids is 2. The van der Waals surface area contributed by atoms with Crippen molar-refractivity contribution in [2.45, 2.75) is 70.3 Å². The molecule has 2 amide bonds. The van der Waals surface area contributed by atoms with Crippen LogP contribution in [0.1, 0.15) is 85.1 Å². The maximum atomic E-state index is 12.4. The van der Waals surface area contributed by atoms with Crippen molar-refractivity contribution in [1.29, 1.82) is 0 Å². The van der Waals surface area contributed by atoms with E-state index in [0.717, 1.165) is 44.9 Å². The molecule has 2 aliphatic rings. The summed E-state index contributed by atoms with van der Waals surface area (Å²) in [4.78, 5) is 28.9. The fourth-order valence-electron chi connectivity index (χ4n) is 3.77. The van der Waals surface area contributed by atoms with E-state index in [9.17, 15) is 9.59 Å². The zero-order chi connectivity index (χ0) is 18.2. The van der Waals surface area contributed by atoms with Crippen LogP contribution in [0.4, 0.5) is 0 Å². The number of amides is 2. The van der Waals surface area contributed by atoms with Gasteiger partial charge in [-0.25, -0.2) is 0 Å². The molecule has 140 valence electrons. The van der Waals surface area contributed by atoms with Crippen molar-refractivity contribution in [3.05, 3.63) is 41.2 Å². The Morgan fingerprint density at radius 2 is 1.92 bits per heavy atom. The smallest absolute Gasteiger partial charge is 0.270 e. The summed E-state index contributed by atoms with van der Waals surface area (Å²) in [6.45, 7) is 0.636. The van der Waals surface area contributed by atoms with Gasteiger partial charge in [0.1, 0.15) is 5.69 Å². The Labute approximate surface area is 155 Å². The molecule has 0 aromatic carbocycles. The van der Waals surface area contributed by atoms with Crippen LogP contribution >= 0.6 is 0 Å². The van der Waals surface area contributed by atoms with Crippen LogP contribution in [0.2, 0.25) is 0 Å². The molecular weight excluding hydrogens is 326 g/mol. The van der Waals surface area contributed by atoms with Crippen LogP contribution in [-0.2, 0) is 0 Å². The van der Waals surface area contributed by atoms with E-state index in [2.05, 4.69) is 21.7 Å². The minimum Gasteiger partial charge on any atom is -0.352 e. The molecule has 5 nitrogen and oxygen atoms in total. The number of hydrogen-bond acceptors (Lipinski definition) is 3. The summed E-state index contributed by atoms with van der Waals surface area (Å²) in [5.74, 6) is -0.325. The number of carbonyl (C=O) groups is 2. The first-order valence-corrected chi connectivity index (χ1v) is 9.95. The third kappa shape index (κ3) is 5.41. The van der Waals surface area contributed by atoms with Crippen LogP contribution in [-0.4, -0.2) is 29.4 Å². The monoisotopic (exact) mass is 355 g/mol. The standard InChI is InChI=1S/C21H29N3O2/c25-20(23-13-11-16-7-3-1-4-8-16)17-12-14-22-19(15-17)21(26)24-18-9-5-2-6-10-18/h7,12,14-15,18H,1-6,8-11,13H2,(H,23,25)(H,24,26). The van der Waals surface area contributed by atoms with Crippen molar-refractivity contribution >= 4 is 11.8 Å². The number of nitrogens with one attached hydrogen (secondary N) is 2. The Hall–Kier alpha value is -2.17. The van der Waals surface area contributed by atoms with Crippen LogP contribution in [0.15, 0.2) is 30.0 Å². The summed E-state index contributed by atoms with van der Waals surface area (Å²) in [7, 11) is 0. The molecule has 3 rings (SSSR count). The van der Waals surface area contributed by atoms with Gasteiger partial charge >= 0.3 is 0 Å². The van der Waals surface area contributed by atoms with Crippen LogP contribution in [0.5, 0.6) is 0 Å². The van der Waals surface area contributed by atoms with Gasteiger partial charge in [0.15, 0.2) is 0 Å². The highest BCUT2D eigenvalue weighted by atomic mass is 16.2. The normalized spacial score (nSPS) is 18.1. The first-order valence-electron chi connectivity index (χ1n) is 9.95. The number of aromatic nitrogens is 1. The molecule has 0 radical (unpaired) electrons. The molecule has 26 heavy (non-hydrogen) atoms. The summed E-state index contributed by atoms with van der Waals surface area (Å²) in [5.41, 5.74) is 2.25. The fraction of sp³-hybridized carbons (Fsp3) is 0.571. The first kappa shape index (κ1) is 18.6. The van der Waals surface area contributed by atoms with Crippen LogP contribution in [0.3, 0.4) is 0 Å². The van der Waals surface area contributed by atoms with Gasteiger partial charge in [0.05, 0.1) is 0 Å². The predicted molar refractivity (Wildman–Crippen MR) is 102 cm³/mol. The topological polar surface area (TPSA) is 71.1 Å². The molecule has 5 heteroatoms. The molecule has 1 aromatic rings. The van der Waals surface area contributed by atoms with Gasteiger partial charge in [-0.05, 0) is 57.1 Å². The molecule has 1 fully saturated rings. The first-order chi connectivity index (χ1) is 12.7. The molecule has 0 unspecified atom stereocenters. The number of nitrogens with zero attached hydrogens (tertiary/aromatic N) is 1. The maximum absolute atomic E-state index is 12.4. The van der Waals surface area contributed by atoms with Gasteiger partial charge in [0, 0.05) is 24.3 Å². The van der Waals surface area contributed by atoms with E-state index >= 15 is 0 Å². The SMILES string of the molecule is O=C(NCCC1=CCCCC1)c1ccnc(C(=O)NC2CCCCC2)c1. The molecule has 2 N–H and O–H groups in total. The molecule has 1 aromatic heterocycles. The van der Waals surface area contributed by atoms with Gasteiger partial charge in [0.2, 0.25) is 0 Å². The lowest BCUT2D eigenvalue weighted by atomic mass is 9.95.